The summed E-state index contributed by atoms with van der Waals surface area (Å²) in [5.74, 6) is 0.0799. The van der Waals surface area contributed by atoms with E-state index in [0.717, 1.165) is 0 Å². The normalized spacial score (nSPS) is 12.8. The summed E-state index contributed by atoms with van der Waals surface area (Å²) in [5.41, 5.74) is 5.21. The second-order valence-corrected chi connectivity index (χ2v) is 2.64. The van der Waals surface area contributed by atoms with Crippen molar-refractivity contribution in [3.63, 3.8) is 0 Å². The van der Waals surface area contributed by atoms with Crippen molar-refractivity contribution >= 4 is 5.82 Å². The van der Waals surface area contributed by atoms with Crippen molar-refractivity contribution in [2.45, 2.75) is 12.5 Å². The number of aliphatic hydroxyl groups excluding tert-OH is 2. The van der Waals surface area contributed by atoms with Crippen LogP contribution in [0.3, 0.4) is 0 Å². The summed E-state index contributed by atoms with van der Waals surface area (Å²) in [6, 6.07) is 0. The standard InChI is InChI=1S/C7H11N3O3/c8-6-5(1-4(12)2-11)7(13)10-3-9-6/h3-4,11-12H,1-2H2,(H3,8,9,10,13). The molecule has 0 fully saturated rings. The van der Waals surface area contributed by atoms with Crippen molar-refractivity contribution in [3.8, 4) is 0 Å². The molecule has 1 aromatic heterocycles. The van der Waals surface area contributed by atoms with Crippen molar-refractivity contribution in [2.75, 3.05) is 12.3 Å². The quantitative estimate of drug-likeness (QED) is 0.446. The van der Waals surface area contributed by atoms with Gasteiger partial charge < -0.3 is 20.9 Å². The monoisotopic (exact) mass is 185 g/mol. The maximum absolute atomic E-state index is 11.1. The van der Waals surface area contributed by atoms with Gasteiger partial charge in [-0.25, -0.2) is 4.98 Å². The van der Waals surface area contributed by atoms with Crippen LogP contribution in [0.1, 0.15) is 5.56 Å². The van der Waals surface area contributed by atoms with E-state index in [0.29, 0.717) is 0 Å². The third kappa shape index (κ3) is 2.27. The molecule has 1 rings (SSSR count). The predicted octanol–water partition coefficient (Wildman–Crippen LogP) is -1.75. The Morgan fingerprint density at radius 1 is 1.69 bits per heavy atom. The molecular weight excluding hydrogens is 174 g/mol. The fourth-order valence-corrected chi connectivity index (χ4v) is 0.939. The molecule has 0 saturated heterocycles. The molecule has 72 valence electrons. The lowest BCUT2D eigenvalue weighted by Crippen LogP contribution is -2.24. The number of aliphatic hydroxyl groups is 2. The zero-order chi connectivity index (χ0) is 9.84. The average molecular weight is 185 g/mol. The Morgan fingerprint density at radius 2 is 2.38 bits per heavy atom. The lowest BCUT2D eigenvalue weighted by molar-refractivity contribution is 0.0953. The third-order valence-electron chi connectivity index (χ3n) is 1.63. The fourth-order valence-electron chi connectivity index (χ4n) is 0.939. The Hall–Kier alpha value is -1.40. The van der Waals surface area contributed by atoms with E-state index in [2.05, 4.69) is 9.97 Å². The summed E-state index contributed by atoms with van der Waals surface area (Å²) in [6.45, 7) is -0.409. The van der Waals surface area contributed by atoms with Gasteiger partial charge in [0.25, 0.3) is 5.56 Å². The molecule has 0 aliphatic carbocycles. The first kappa shape index (κ1) is 9.69. The van der Waals surface area contributed by atoms with Gasteiger partial charge in [0.1, 0.15) is 5.82 Å². The summed E-state index contributed by atoms with van der Waals surface area (Å²) >= 11 is 0. The van der Waals surface area contributed by atoms with Gasteiger partial charge in [-0.2, -0.15) is 0 Å². The number of aromatic amines is 1. The van der Waals surface area contributed by atoms with Crippen molar-refractivity contribution in [1.29, 1.82) is 0 Å². The molecule has 1 atom stereocenters. The van der Waals surface area contributed by atoms with Gasteiger partial charge in [-0.3, -0.25) is 4.79 Å². The topological polar surface area (TPSA) is 112 Å². The molecule has 0 aromatic carbocycles. The number of hydrogen-bond donors (Lipinski definition) is 4. The van der Waals surface area contributed by atoms with E-state index in [4.69, 9.17) is 15.9 Å². The Morgan fingerprint density at radius 3 is 2.92 bits per heavy atom. The van der Waals surface area contributed by atoms with E-state index in [1.54, 1.807) is 0 Å². The molecule has 0 aliphatic heterocycles. The zero-order valence-corrected chi connectivity index (χ0v) is 6.90. The molecule has 1 heterocycles. The van der Waals surface area contributed by atoms with Crippen LogP contribution in [0.2, 0.25) is 0 Å². The van der Waals surface area contributed by atoms with E-state index in [-0.39, 0.29) is 23.4 Å². The molecule has 5 N–H and O–H groups in total. The average Bonchev–Trinajstić information content (AvgIpc) is 2.11. The summed E-state index contributed by atoms with van der Waals surface area (Å²) < 4.78 is 0. The minimum Gasteiger partial charge on any atom is -0.394 e. The Balaban J connectivity index is 2.93. The van der Waals surface area contributed by atoms with Gasteiger partial charge in [0.05, 0.1) is 24.6 Å². The number of hydrogen-bond acceptors (Lipinski definition) is 5. The second-order valence-electron chi connectivity index (χ2n) is 2.64. The van der Waals surface area contributed by atoms with Gasteiger partial charge in [-0.1, -0.05) is 0 Å². The Bertz CT molecular complexity index is 336. The van der Waals surface area contributed by atoms with Crippen LogP contribution in [0.5, 0.6) is 0 Å². The number of nitrogens with one attached hydrogen (secondary N) is 1. The van der Waals surface area contributed by atoms with Crippen LogP contribution >= 0.6 is 0 Å². The molecule has 0 spiro atoms. The van der Waals surface area contributed by atoms with Gasteiger partial charge in [-0.05, 0) is 0 Å². The van der Waals surface area contributed by atoms with Crippen LogP contribution in [0.15, 0.2) is 11.1 Å². The van der Waals surface area contributed by atoms with Crippen molar-refractivity contribution in [1.82, 2.24) is 9.97 Å². The minimum atomic E-state index is -0.979. The maximum atomic E-state index is 11.1. The van der Waals surface area contributed by atoms with Gasteiger partial charge in [0.2, 0.25) is 0 Å². The number of nitrogens with two attached hydrogens (primary N) is 1. The lowest BCUT2D eigenvalue weighted by atomic mass is 10.1. The van der Waals surface area contributed by atoms with Gasteiger partial charge in [0.15, 0.2) is 0 Å². The van der Waals surface area contributed by atoms with Crippen LogP contribution in [0.4, 0.5) is 5.82 Å². The number of nitrogens with zero attached hydrogens (tertiary/aromatic N) is 1. The Kier molecular flexibility index (Phi) is 2.99. The molecule has 13 heavy (non-hydrogen) atoms. The summed E-state index contributed by atoms with van der Waals surface area (Å²) in [4.78, 5) is 17.1. The molecule has 1 aromatic rings. The van der Waals surface area contributed by atoms with Crippen molar-refractivity contribution in [2.24, 2.45) is 0 Å². The highest BCUT2D eigenvalue weighted by atomic mass is 16.3. The Labute approximate surface area is 74.1 Å². The largest absolute Gasteiger partial charge is 0.394 e. The predicted molar refractivity (Wildman–Crippen MR) is 46.1 cm³/mol. The summed E-state index contributed by atoms with van der Waals surface area (Å²) in [5, 5.41) is 17.6. The summed E-state index contributed by atoms with van der Waals surface area (Å²) in [7, 11) is 0. The van der Waals surface area contributed by atoms with Crippen LogP contribution in [-0.2, 0) is 6.42 Å². The van der Waals surface area contributed by atoms with E-state index in [1.807, 2.05) is 0 Å². The molecule has 0 aliphatic rings. The SMILES string of the molecule is Nc1nc[nH]c(=O)c1CC(O)CO. The third-order valence-corrected chi connectivity index (χ3v) is 1.63. The number of aromatic nitrogens is 2. The first-order chi connectivity index (χ1) is 6.15. The van der Waals surface area contributed by atoms with Crippen LogP contribution in [0.25, 0.3) is 0 Å². The highest BCUT2D eigenvalue weighted by Crippen LogP contribution is 2.03. The maximum Gasteiger partial charge on any atom is 0.256 e. The van der Waals surface area contributed by atoms with Crippen LogP contribution in [0, 0.1) is 0 Å². The molecule has 6 nitrogen and oxygen atoms in total. The molecule has 0 radical (unpaired) electrons. The van der Waals surface area contributed by atoms with Crippen molar-refractivity contribution < 1.29 is 10.2 Å². The van der Waals surface area contributed by atoms with Gasteiger partial charge in [0, 0.05) is 6.42 Å². The zero-order valence-electron chi connectivity index (χ0n) is 6.90. The number of nitrogen functional groups attached to an aromatic ring is 1. The molecule has 0 saturated carbocycles. The fraction of sp³-hybridized carbons (Fsp3) is 0.429. The molecule has 1 unspecified atom stereocenters. The number of anilines is 1. The first-order valence-electron chi connectivity index (χ1n) is 3.76. The highest BCUT2D eigenvalue weighted by Gasteiger charge is 2.10. The smallest absolute Gasteiger partial charge is 0.256 e. The summed E-state index contributed by atoms with van der Waals surface area (Å²) in [6.07, 6.45) is 0.213. The van der Waals surface area contributed by atoms with E-state index in [1.165, 1.54) is 6.33 Å². The molecule has 6 heteroatoms. The van der Waals surface area contributed by atoms with Crippen LogP contribution in [-0.4, -0.2) is 32.9 Å². The van der Waals surface area contributed by atoms with E-state index in [9.17, 15) is 4.79 Å². The number of H-pyrrole nitrogens is 1. The minimum absolute atomic E-state index is 0.00546. The van der Waals surface area contributed by atoms with Crippen molar-refractivity contribution in [3.05, 3.63) is 22.2 Å². The van der Waals surface area contributed by atoms with E-state index < -0.39 is 12.7 Å². The van der Waals surface area contributed by atoms with Crippen LogP contribution < -0.4 is 11.3 Å². The van der Waals surface area contributed by atoms with E-state index >= 15 is 0 Å². The molecular formula is C7H11N3O3. The molecule has 0 bridgehead atoms. The first-order valence-corrected chi connectivity index (χ1v) is 3.76. The number of rotatable bonds is 3. The molecule has 0 amide bonds. The lowest BCUT2D eigenvalue weighted by Gasteiger charge is -2.06. The highest BCUT2D eigenvalue weighted by molar-refractivity contribution is 5.36. The van der Waals surface area contributed by atoms with Gasteiger partial charge >= 0.3 is 0 Å². The van der Waals surface area contributed by atoms with Gasteiger partial charge in [-0.15, -0.1) is 0 Å². The second kappa shape index (κ2) is 4.01.